The van der Waals surface area contributed by atoms with Gasteiger partial charge in [-0.25, -0.2) is 0 Å². The number of ether oxygens (including phenoxy) is 1. The minimum absolute atomic E-state index is 0.0181. The molecule has 1 aliphatic heterocycles. The average Bonchev–Trinajstić information content (AvgIpc) is 2.50. The maximum atomic E-state index is 12.5. The topological polar surface area (TPSA) is 58.6 Å². The van der Waals surface area contributed by atoms with Crippen LogP contribution in [0.2, 0.25) is 5.02 Å². The predicted octanol–water partition coefficient (Wildman–Crippen LogP) is 2.76. The van der Waals surface area contributed by atoms with Crippen LogP contribution in [0.5, 0.6) is 5.75 Å². The van der Waals surface area contributed by atoms with E-state index >= 15 is 0 Å². The summed E-state index contributed by atoms with van der Waals surface area (Å²) in [4.78, 5) is 26.0. The molecule has 1 N–H and O–H groups in total. The first-order valence-corrected chi connectivity index (χ1v) is 7.98. The molecule has 5 nitrogen and oxygen atoms in total. The van der Waals surface area contributed by atoms with E-state index in [2.05, 4.69) is 12.2 Å². The Morgan fingerprint density at radius 3 is 2.86 bits per heavy atom. The average molecular weight is 325 g/mol. The smallest absolute Gasteiger partial charge is 0.268 e. The highest BCUT2D eigenvalue weighted by molar-refractivity contribution is 6.31. The first-order valence-electron chi connectivity index (χ1n) is 7.61. The highest BCUT2D eigenvalue weighted by Gasteiger charge is 2.34. The quantitative estimate of drug-likeness (QED) is 0.819. The largest absolute Gasteiger partial charge is 0.478 e. The molecular weight excluding hydrogens is 304 g/mol. The van der Waals surface area contributed by atoms with Gasteiger partial charge in [0, 0.05) is 11.6 Å². The van der Waals surface area contributed by atoms with Gasteiger partial charge in [0.2, 0.25) is 5.91 Å². The van der Waals surface area contributed by atoms with Crippen LogP contribution >= 0.6 is 11.6 Å². The number of carbonyl (C=O) groups excluding carboxylic acids is 2. The number of halogens is 1. The molecule has 0 fully saturated rings. The summed E-state index contributed by atoms with van der Waals surface area (Å²) < 4.78 is 5.68. The molecule has 0 unspecified atom stereocenters. The van der Waals surface area contributed by atoms with Gasteiger partial charge in [-0.2, -0.15) is 0 Å². The molecule has 0 aromatic heterocycles. The van der Waals surface area contributed by atoms with E-state index in [0.29, 0.717) is 29.4 Å². The standard InChI is InChI=1S/C16H21ClN2O3/c1-3-5-8-18-15(20)10-19-12-9-11(17)6-7-14(12)22-13(4-2)16(19)21/h6-7,9,13H,3-5,8,10H2,1-2H3,(H,18,20)/t13-/m0/s1. The molecule has 120 valence electrons. The second kappa shape index (κ2) is 7.49. The number of rotatable bonds is 6. The molecule has 1 heterocycles. The fraction of sp³-hybridized carbons (Fsp3) is 0.500. The van der Waals surface area contributed by atoms with Gasteiger partial charge in [-0.15, -0.1) is 0 Å². The van der Waals surface area contributed by atoms with Gasteiger partial charge in [-0.1, -0.05) is 31.9 Å². The van der Waals surface area contributed by atoms with Crippen molar-refractivity contribution in [2.45, 2.75) is 39.2 Å². The molecule has 0 bridgehead atoms. The van der Waals surface area contributed by atoms with Crippen molar-refractivity contribution in [3.63, 3.8) is 0 Å². The summed E-state index contributed by atoms with van der Waals surface area (Å²) in [5, 5.41) is 3.32. The highest BCUT2D eigenvalue weighted by atomic mass is 35.5. The molecule has 1 atom stereocenters. The molecule has 0 saturated carbocycles. The van der Waals surface area contributed by atoms with Gasteiger partial charge in [0.05, 0.1) is 5.69 Å². The van der Waals surface area contributed by atoms with Crippen LogP contribution in [-0.2, 0) is 9.59 Å². The Morgan fingerprint density at radius 2 is 2.18 bits per heavy atom. The van der Waals surface area contributed by atoms with Gasteiger partial charge in [-0.05, 0) is 31.0 Å². The molecule has 1 aliphatic rings. The van der Waals surface area contributed by atoms with Crippen molar-refractivity contribution in [3.05, 3.63) is 23.2 Å². The van der Waals surface area contributed by atoms with Gasteiger partial charge in [0.1, 0.15) is 12.3 Å². The van der Waals surface area contributed by atoms with Gasteiger partial charge in [-0.3, -0.25) is 14.5 Å². The van der Waals surface area contributed by atoms with E-state index < -0.39 is 6.10 Å². The number of fused-ring (bicyclic) bond motifs is 1. The maximum Gasteiger partial charge on any atom is 0.268 e. The van der Waals surface area contributed by atoms with E-state index in [-0.39, 0.29) is 18.4 Å². The van der Waals surface area contributed by atoms with Crippen molar-refractivity contribution in [1.82, 2.24) is 5.32 Å². The van der Waals surface area contributed by atoms with Gasteiger partial charge >= 0.3 is 0 Å². The van der Waals surface area contributed by atoms with E-state index in [1.807, 2.05) is 6.92 Å². The molecule has 22 heavy (non-hydrogen) atoms. The number of hydrogen-bond donors (Lipinski definition) is 1. The highest BCUT2D eigenvalue weighted by Crippen LogP contribution is 2.36. The van der Waals surface area contributed by atoms with Gasteiger partial charge in [0.25, 0.3) is 5.91 Å². The van der Waals surface area contributed by atoms with Crippen LogP contribution in [0.4, 0.5) is 5.69 Å². The first kappa shape index (κ1) is 16.6. The first-order chi connectivity index (χ1) is 10.6. The number of anilines is 1. The van der Waals surface area contributed by atoms with E-state index in [4.69, 9.17) is 16.3 Å². The third kappa shape index (κ3) is 3.71. The molecule has 6 heteroatoms. The van der Waals surface area contributed by atoms with Gasteiger partial charge < -0.3 is 10.1 Å². The normalized spacial score (nSPS) is 17.0. The molecular formula is C16H21ClN2O3. The second-order valence-electron chi connectivity index (χ2n) is 5.25. The van der Waals surface area contributed by atoms with E-state index in [9.17, 15) is 9.59 Å². The summed E-state index contributed by atoms with van der Waals surface area (Å²) >= 11 is 6.00. The number of benzene rings is 1. The lowest BCUT2D eigenvalue weighted by Gasteiger charge is -2.33. The summed E-state index contributed by atoms with van der Waals surface area (Å²) in [6, 6.07) is 5.09. The molecule has 2 amide bonds. The van der Waals surface area contributed by atoms with Crippen LogP contribution in [0.25, 0.3) is 0 Å². The molecule has 0 saturated heterocycles. The minimum atomic E-state index is -0.558. The summed E-state index contributed by atoms with van der Waals surface area (Å²) in [6.07, 6.45) is 1.92. The number of nitrogens with zero attached hydrogens (tertiary/aromatic N) is 1. The Bertz CT molecular complexity index is 562. The summed E-state index contributed by atoms with van der Waals surface area (Å²) in [7, 11) is 0. The molecule has 0 spiro atoms. The van der Waals surface area contributed by atoms with Crippen molar-refractivity contribution in [2.75, 3.05) is 18.0 Å². The SMILES string of the molecule is CCCCNC(=O)CN1C(=O)[C@H](CC)Oc2ccc(Cl)cc21. The third-order valence-corrected chi connectivity index (χ3v) is 3.78. The minimum Gasteiger partial charge on any atom is -0.478 e. The van der Waals surface area contributed by atoms with E-state index in [1.165, 1.54) is 4.90 Å². The van der Waals surface area contributed by atoms with Crippen LogP contribution < -0.4 is 15.0 Å². The number of unbranched alkanes of at least 4 members (excludes halogenated alkanes) is 1. The molecule has 1 aromatic carbocycles. The van der Waals surface area contributed by atoms with Crippen molar-refractivity contribution >= 4 is 29.1 Å². The Kier molecular flexibility index (Phi) is 5.66. The Labute approximate surface area is 135 Å². The zero-order chi connectivity index (χ0) is 16.1. The zero-order valence-electron chi connectivity index (χ0n) is 12.9. The summed E-state index contributed by atoms with van der Waals surface area (Å²) in [5.41, 5.74) is 0.549. The lowest BCUT2D eigenvalue weighted by Crippen LogP contribution is -2.49. The fourth-order valence-electron chi connectivity index (χ4n) is 2.32. The second-order valence-corrected chi connectivity index (χ2v) is 5.69. The lowest BCUT2D eigenvalue weighted by atomic mass is 10.1. The Hall–Kier alpha value is -1.75. The maximum absolute atomic E-state index is 12.5. The van der Waals surface area contributed by atoms with Crippen molar-refractivity contribution in [3.8, 4) is 5.75 Å². The molecule has 0 aliphatic carbocycles. The summed E-state index contributed by atoms with van der Waals surface area (Å²) in [5.74, 6) is 0.199. The van der Waals surface area contributed by atoms with Crippen molar-refractivity contribution < 1.29 is 14.3 Å². The fourth-order valence-corrected chi connectivity index (χ4v) is 2.49. The number of amides is 2. The Morgan fingerprint density at radius 1 is 1.41 bits per heavy atom. The zero-order valence-corrected chi connectivity index (χ0v) is 13.7. The molecule has 2 rings (SSSR count). The van der Waals surface area contributed by atoms with E-state index in [0.717, 1.165) is 12.8 Å². The van der Waals surface area contributed by atoms with Gasteiger partial charge in [0.15, 0.2) is 6.10 Å². The molecule has 0 radical (unpaired) electrons. The number of hydrogen-bond acceptors (Lipinski definition) is 3. The van der Waals surface area contributed by atoms with Crippen LogP contribution in [0.3, 0.4) is 0 Å². The van der Waals surface area contributed by atoms with E-state index in [1.54, 1.807) is 18.2 Å². The van der Waals surface area contributed by atoms with Crippen LogP contribution in [0, 0.1) is 0 Å². The van der Waals surface area contributed by atoms with Crippen LogP contribution in [0.15, 0.2) is 18.2 Å². The summed E-state index contributed by atoms with van der Waals surface area (Å²) in [6.45, 7) is 4.54. The van der Waals surface area contributed by atoms with Crippen molar-refractivity contribution in [2.24, 2.45) is 0 Å². The Balaban J connectivity index is 2.18. The third-order valence-electron chi connectivity index (χ3n) is 3.55. The van der Waals surface area contributed by atoms with Crippen LogP contribution in [0.1, 0.15) is 33.1 Å². The van der Waals surface area contributed by atoms with Crippen LogP contribution in [-0.4, -0.2) is 31.0 Å². The lowest BCUT2D eigenvalue weighted by molar-refractivity contribution is -0.129. The van der Waals surface area contributed by atoms with Crippen molar-refractivity contribution in [1.29, 1.82) is 0 Å². The predicted molar refractivity (Wildman–Crippen MR) is 86.4 cm³/mol. The number of carbonyl (C=O) groups is 2. The number of nitrogens with one attached hydrogen (secondary N) is 1. The monoisotopic (exact) mass is 324 g/mol. The molecule has 1 aromatic rings.